The van der Waals surface area contributed by atoms with Gasteiger partial charge in [0.25, 0.3) is 0 Å². The van der Waals surface area contributed by atoms with Gasteiger partial charge in [-0.3, -0.25) is 0 Å². The van der Waals surface area contributed by atoms with E-state index in [-0.39, 0.29) is 6.04 Å². The Morgan fingerprint density at radius 3 is 2.40 bits per heavy atom. The van der Waals surface area contributed by atoms with Crippen LogP contribution >= 0.6 is 38.5 Å². The van der Waals surface area contributed by atoms with Crippen molar-refractivity contribution in [1.82, 2.24) is 0 Å². The molecule has 0 radical (unpaired) electrons. The molecule has 0 aliphatic heterocycles. The van der Waals surface area contributed by atoms with Gasteiger partial charge < -0.3 is 15.2 Å². The average Bonchev–Trinajstić information content (AvgIpc) is 2.46. The Kier molecular flexibility index (Phi) is 5.29. The van der Waals surface area contributed by atoms with Gasteiger partial charge in [-0.05, 0) is 68.3 Å². The first-order chi connectivity index (χ1) is 9.56. The molecule has 1 atom stereocenters. The third kappa shape index (κ3) is 3.27. The highest BCUT2D eigenvalue weighted by atomic mass is 127. The SMILES string of the molecule is COc1cc(C(N)c2cccc(I)c2)c(OC)cc1Br. The number of hydrogen-bond acceptors (Lipinski definition) is 3. The predicted molar refractivity (Wildman–Crippen MR) is 92.4 cm³/mol. The first kappa shape index (κ1) is 15.6. The molecular formula is C15H15BrINO2. The van der Waals surface area contributed by atoms with E-state index in [1.165, 1.54) is 0 Å². The Balaban J connectivity index is 2.50. The van der Waals surface area contributed by atoms with E-state index in [1.807, 2.05) is 30.3 Å². The summed E-state index contributed by atoms with van der Waals surface area (Å²) in [6.07, 6.45) is 0. The molecule has 1 unspecified atom stereocenters. The first-order valence-corrected chi connectivity index (χ1v) is 7.86. The highest BCUT2D eigenvalue weighted by Crippen LogP contribution is 2.37. The average molecular weight is 448 g/mol. The molecule has 2 N–H and O–H groups in total. The molecule has 3 nitrogen and oxygen atoms in total. The third-order valence-corrected chi connectivity index (χ3v) is 4.34. The fourth-order valence-corrected chi connectivity index (χ4v) is 3.06. The van der Waals surface area contributed by atoms with Gasteiger partial charge in [-0.1, -0.05) is 12.1 Å². The van der Waals surface area contributed by atoms with E-state index in [2.05, 4.69) is 44.6 Å². The predicted octanol–water partition coefficient (Wildman–Crippen LogP) is 4.12. The first-order valence-electron chi connectivity index (χ1n) is 5.99. The van der Waals surface area contributed by atoms with Gasteiger partial charge >= 0.3 is 0 Å². The summed E-state index contributed by atoms with van der Waals surface area (Å²) < 4.78 is 12.8. The molecule has 20 heavy (non-hydrogen) atoms. The molecule has 106 valence electrons. The van der Waals surface area contributed by atoms with Crippen molar-refractivity contribution in [3.63, 3.8) is 0 Å². The molecule has 0 aliphatic carbocycles. The molecule has 0 aliphatic rings. The summed E-state index contributed by atoms with van der Waals surface area (Å²) in [5.41, 5.74) is 8.32. The highest BCUT2D eigenvalue weighted by Gasteiger charge is 2.17. The maximum atomic E-state index is 6.38. The summed E-state index contributed by atoms with van der Waals surface area (Å²) in [6.45, 7) is 0. The number of rotatable bonds is 4. The normalized spacial score (nSPS) is 12.1. The standard InChI is InChI=1S/C15H15BrINO2/c1-19-13-8-12(16)14(20-2)7-11(13)15(18)9-4-3-5-10(17)6-9/h3-8,15H,18H2,1-2H3. The van der Waals surface area contributed by atoms with Crippen molar-refractivity contribution in [1.29, 1.82) is 0 Å². The fourth-order valence-electron chi connectivity index (χ4n) is 2.01. The lowest BCUT2D eigenvalue weighted by Crippen LogP contribution is -2.13. The van der Waals surface area contributed by atoms with Crippen LogP contribution in [0.4, 0.5) is 0 Å². The molecule has 5 heteroatoms. The summed E-state index contributed by atoms with van der Waals surface area (Å²) in [5.74, 6) is 1.48. The number of halogens is 2. The van der Waals surface area contributed by atoms with Gasteiger partial charge in [0.1, 0.15) is 11.5 Å². The molecule has 0 aromatic heterocycles. The van der Waals surface area contributed by atoms with Gasteiger partial charge in [0, 0.05) is 9.13 Å². The van der Waals surface area contributed by atoms with E-state index < -0.39 is 0 Å². The lowest BCUT2D eigenvalue weighted by molar-refractivity contribution is 0.395. The lowest BCUT2D eigenvalue weighted by Gasteiger charge is -2.18. The topological polar surface area (TPSA) is 44.5 Å². The van der Waals surface area contributed by atoms with Crippen LogP contribution in [0.1, 0.15) is 17.2 Å². The molecule has 0 bridgehead atoms. The van der Waals surface area contributed by atoms with Crippen molar-refractivity contribution in [3.05, 3.63) is 55.6 Å². The van der Waals surface area contributed by atoms with Crippen LogP contribution < -0.4 is 15.2 Å². The van der Waals surface area contributed by atoms with Gasteiger partial charge in [-0.15, -0.1) is 0 Å². The van der Waals surface area contributed by atoms with Crippen molar-refractivity contribution in [2.24, 2.45) is 5.73 Å². The number of methoxy groups -OCH3 is 2. The molecule has 0 fully saturated rings. The van der Waals surface area contributed by atoms with Gasteiger partial charge in [0.05, 0.1) is 24.7 Å². The molecule has 2 aromatic carbocycles. The Labute approximate surface area is 140 Å². The smallest absolute Gasteiger partial charge is 0.133 e. The Morgan fingerprint density at radius 1 is 1.10 bits per heavy atom. The molecule has 0 saturated carbocycles. The Hall–Kier alpha value is -0.790. The zero-order chi connectivity index (χ0) is 14.7. The summed E-state index contributed by atoms with van der Waals surface area (Å²) >= 11 is 5.73. The minimum Gasteiger partial charge on any atom is -0.496 e. The molecule has 2 aromatic rings. The highest BCUT2D eigenvalue weighted by molar-refractivity contribution is 14.1. The van der Waals surface area contributed by atoms with Crippen LogP contribution in [0.3, 0.4) is 0 Å². The second-order valence-corrected chi connectivity index (χ2v) is 6.36. The van der Waals surface area contributed by atoms with Crippen molar-refractivity contribution < 1.29 is 9.47 Å². The Morgan fingerprint density at radius 2 is 1.80 bits per heavy atom. The minimum absolute atomic E-state index is 0.262. The largest absolute Gasteiger partial charge is 0.496 e. The van der Waals surface area contributed by atoms with Gasteiger partial charge in [-0.25, -0.2) is 0 Å². The van der Waals surface area contributed by atoms with E-state index in [0.29, 0.717) is 0 Å². The van der Waals surface area contributed by atoms with E-state index in [4.69, 9.17) is 15.2 Å². The second-order valence-electron chi connectivity index (χ2n) is 4.26. The molecule has 0 saturated heterocycles. The number of benzene rings is 2. The molecular weight excluding hydrogens is 433 g/mol. The summed E-state index contributed by atoms with van der Waals surface area (Å²) in [5, 5.41) is 0. The van der Waals surface area contributed by atoms with Gasteiger partial charge in [0.15, 0.2) is 0 Å². The summed E-state index contributed by atoms with van der Waals surface area (Å²) in [7, 11) is 3.27. The molecule has 2 rings (SSSR count). The van der Waals surface area contributed by atoms with Gasteiger partial charge in [0.2, 0.25) is 0 Å². The number of hydrogen-bond donors (Lipinski definition) is 1. The van der Waals surface area contributed by atoms with Crippen LogP contribution in [0, 0.1) is 3.57 Å². The van der Waals surface area contributed by atoms with Crippen molar-refractivity contribution >= 4 is 38.5 Å². The van der Waals surface area contributed by atoms with E-state index >= 15 is 0 Å². The third-order valence-electron chi connectivity index (χ3n) is 3.05. The Bertz CT molecular complexity index is 619. The second kappa shape index (κ2) is 6.78. The van der Waals surface area contributed by atoms with Crippen LogP contribution in [-0.4, -0.2) is 14.2 Å². The van der Waals surface area contributed by atoms with E-state index in [0.717, 1.165) is 30.7 Å². The van der Waals surface area contributed by atoms with Crippen molar-refractivity contribution in [2.75, 3.05) is 14.2 Å². The minimum atomic E-state index is -0.262. The molecule has 0 spiro atoms. The molecule has 0 heterocycles. The summed E-state index contributed by atoms with van der Waals surface area (Å²) in [4.78, 5) is 0. The zero-order valence-corrected chi connectivity index (χ0v) is 14.9. The summed E-state index contributed by atoms with van der Waals surface area (Å²) in [6, 6.07) is 11.6. The van der Waals surface area contributed by atoms with Crippen LogP contribution in [0.25, 0.3) is 0 Å². The van der Waals surface area contributed by atoms with E-state index in [1.54, 1.807) is 14.2 Å². The van der Waals surface area contributed by atoms with Crippen LogP contribution in [0.2, 0.25) is 0 Å². The number of ether oxygens (including phenoxy) is 2. The zero-order valence-electron chi connectivity index (χ0n) is 11.2. The van der Waals surface area contributed by atoms with E-state index in [9.17, 15) is 0 Å². The van der Waals surface area contributed by atoms with Crippen molar-refractivity contribution in [2.45, 2.75) is 6.04 Å². The van der Waals surface area contributed by atoms with Gasteiger partial charge in [-0.2, -0.15) is 0 Å². The fraction of sp³-hybridized carbons (Fsp3) is 0.200. The number of nitrogens with two attached hydrogens (primary N) is 1. The van der Waals surface area contributed by atoms with Crippen LogP contribution in [0.15, 0.2) is 40.9 Å². The van der Waals surface area contributed by atoms with Crippen LogP contribution in [-0.2, 0) is 0 Å². The van der Waals surface area contributed by atoms with Crippen molar-refractivity contribution in [3.8, 4) is 11.5 Å². The molecule has 0 amide bonds. The maximum Gasteiger partial charge on any atom is 0.133 e. The van der Waals surface area contributed by atoms with Crippen LogP contribution in [0.5, 0.6) is 11.5 Å². The monoisotopic (exact) mass is 447 g/mol. The maximum absolute atomic E-state index is 6.38. The lowest BCUT2D eigenvalue weighted by atomic mass is 9.98. The quantitative estimate of drug-likeness (QED) is 0.717.